The predicted octanol–water partition coefficient (Wildman–Crippen LogP) is 7.44. The number of allylic oxidation sites excluding steroid dienone is 4. The molecule has 7 heteroatoms. The first kappa shape index (κ1) is 26.8. The lowest BCUT2D eigenvalue weighted by Gasteiger charge is -2.37. The molecule has 1 amide bonds. The van der Waals surface area contributed by atoms with Gasteiger partial charge in [-0.05, 0) is 74.6 Å². The third-order valence-electron chi connectivity index (χ3n) is 7.90. The maximum absolute atomic E-state index is 14.2. The summed E-state index contributed by atoms with van der Waals surface area (Å²) in [7, 11) is 5.43. The molecule has 0 unspecified atom stereocenters. The number of thiophene rings is 1. The van der Waals surface area contributed by atoms with Crippen LogP contribution in [0.1, 0.15) is 59.3 Å². The van der Waals surface area contributed by atoms with Crippen molar-refractivity contribution in [1.29, 1.82) is 0 Å². The van der Waals surface area contributed by atoms with Crippen LogP contribution in [0.15, 0.2) is 60.4 Å². The van der Waals surface area contributed by atoms with Crippen molar-refractivity contribution in [3.05, 3.63) is 81.4 Å². The molecule has 0 aliphatic heterocycles. The van der Waals surface area contributed by atoms with E-state index in [9.17, 15) is 4.79 Å². The summed E-state index contributed by atoms with van der Waals surface area (Å²) in [6.45, 7) is 0.474. The minimum Gasteiger partial charge on any atom is -0.501 e. The molecule has 2 aromatic carbocycles. The van der Waals surface area contributed by atoms with Crippen molar-refractivity contribution in [1.82, 2.24) is 10.2 Å². The van der Waals surface area contributed by atoms with E-state index in [0.29, 0.717) is 22.5 Å². The van der Waals surface area contributed by atoms with Gasteiger partial charge in [-0.25, -0.2) is 0 Å². The summed E-state index contributed by atoms with van der Waals surface area (Å²) in [5.41, 5.74) is 3.42. The monoisotopic (exact) mass is 550 g/mol. The van der Waals surface area contributed by atoms with Crippen LogP contribution in [0.4, 0.5) is 0 Å². The van der Waals surface area contributed by atoms with Crippen molar-refractivity contribution in [3.63, 3.8) is 0 Å². The highest BCUT2D eigenvalue weighted by atomic mass is 35.5. The second-order valence-electron chi connectivity index (χ2n) is 10.0. The lowest BCUT2D eigenvalue weighted by Crippen LogP contribution is -2.44. The van der Waals surface area contributed by atoms with Crippen LogP contribution in [-0.2, 0) is 11.3 Å². The highest BCUT2D eigenvalue weighted by Crippen LogP contribution is 2.38. The van der Waals surface area contributed by atoms with Gasteiger partial charge in [0.1, 0.15) is 10.6 Å². The quantitative estimate of drug-likeness (QED) is 0.316. The van der Waals surface area contributed by atoms with Gasteiger partial charge in [0.15, 0.2) is 0 Å². The van der Waals surface area contributed by atoms with Crippen molar-refractivity contribution in [2.24, 2.45) is 0 Å². The Morgan fingerprint density at radius 3 is 2.50 bits per heavy atom. The molecular formula is C31H35ClN2O3S. The molecular weight excluding hydrogens is 516 g/mol. The molecule has 1 fully saturated rings. The van der Waals surface area contributed by atoms with E-state index in [4.69, 9.17) is 21.1 Å². The molecule has 38 heavy (non-hydrogen) atoms. The van der Waals surface area contributed by atoms with Crippen molar-refractivity contribution in [3.8, 4) is 5.75 Å². The van der Waals surface area contributed by atoms with Crippen LogP contribution in [0.5, 0.6) is 5.75 Å². The molecule has 1 heterocycles. The molecule has 0 saturated heterocycles. The second kappa shape index (κ2) is 11.9. The van der Waals surface area contributed by atoms with E-state index in [1.165, 1.54) is 16.9 Å². The topological polar surface area (TPSA) is 50.8 Å². The van der Waals surface area contributed by atoms with E-state index in [-0.39, 0.29) is 11.9 Å². The minimum atomic E-state index is 0.00103. The molecule has 3 aromatic rings. The van der Waals surface area contributed by atoms with Crippen molar-refractivity contribution in [2.45, 2.75) is 57.2 Å². The number of ether oxygens (including phenoxy) is 2. The van der Waals surface area contributed by atoms with Gasteiger partial charge in [0, 0.05) is 40.7 Å². The number of nitrogens with zero attached hydrogens (tertiary/aromatic N) is 1. The van der Waals surface area contributed by atoms with E-state index in [2.05, 4.69) is 23.5 Å². The van der Waals surface area contributed by atoms with E-state index in [0.717, 1.165) is 71.2 Å². The van der Waals surface area contributed by atoms with Crippen LogP contribution in [0.2, 0.25) is 5.02 Å². The van der Waals surface area contributed by atoms with Gasteiger partial charge in [-0.15, -0.1) is 11.3 Å². The number of methoxy groups -OCH3 is 2. The second-order valence-corrected chi connectivity index (χ2v) is 11.5. The Balaban J connectivity index is 1.50. The molecule has 0 atom stereocenters. The predicted molar refractivity (Wildman–Crippen MR) is 157 cm³/mol. The van der Waals surface area contributed by atoms with E-state index >= 15 is 0 Å². The van der Waals surface area contributed by atoms with Gasteiger partial charge in [0.05, 0.1) is 25.0 Å². The summed E-state index contributed by atoms with van der Waals surface area (Å²) >= 11 is 8.28. The number of nitrogens with one attached hydrogen (secondary N) is 1. The number of carbonyl (C=O) groups excluding carboxylic acids is 1. The van der Waals surface area contributed by atoms with Crippen LogP contribution in [0, 0.1) is 0 Å². The minimum absolute atomic E-state index is 0.00103. The van der Waals surface area contributed by atoms with Crippen LogP contribution in [0.25, 0.3) is 15.7 Å². The number of carbonyl (C=O) groups is 1. The molecule has 2 aliphatic carbocycles. The number of hydrogen-bond donors (Lipinski definition) is 1. The smallest absolute Gasteiger partial charge is 0.266 e. The van der Waals surface area contributed by atoms with Gasteiger partial charge in [-0.3, -0.25) is 4.79 Å². The molecule has 1 N–H and O–H groups in total. The molecule has 5 nitrogen and oxygen atoms in total. The number of fused-ring (bicyclic) bond motifs is 1. The normalized spacial score (nSPS) is 19.6. The van der Waals surface area contributed by atoms with Crippen LogP contribution in [0.3, 0.4) is 0 Å². The molecule has 2 aliphatic rings. The average molecular weight is 551 g/mol. The lowest BCUT2D eigenvalue weighted by atomic mass is 9.89. The van der Waals surface area contributed by atoms with Gasteiger partial charge in [0.25, 0.3) is 5.91 Å². The number of halogens is 1. The summed E-state index contributed by atoms with van der Waals surface area (Å²) in [5.74, 6) is 1.79. The van der Waals surface area contributed by atoms with Crippen molar-refractivity contribution < 1.29 is 14.3 Å². The van der Waals surface area contributed by atoms with Crippen molar-refractivity contribution >= 4 is 44.5 Å². The Kier molecular flexibility index (Phi) is 8.42. The maximum atomic E-state index is 14.2. The first-order chi connectivity index (χ1) is 18.5. The first-order valence-corrected chi connectivity index (χ1v) is 14.5. The number of benzene rings is 2. The van der Waals surface area contributed by atoms with Crippen LogP contribution >= 0.6 is 22.9 Å². The van der Waals surface area contributed by atoms with Gasteiger partial charge >= 0.3 is 0 Å². The average Bonchev–Trinajstić information content (AvgIpc) is 3.32. The molecule has 0 spiro atoms. The molecule has 0 radical (unpaired) electrons. The van der Waals surface area contributed by atoms with E-state index in [1.54, 1.807) is 14.2 Å². The largest absolute Gasteiger partial charge is 0.501 e. The summed E-state index contributed by atoms with van der Waals surface area (Å²) in [6.07, 6.45) is 9.98. The Morgan fingerprint density at radius 1 is 1.05 bits per heavy atom. The van der Waals surface area contributed by atoms with E-state index in [1.807, 2.05) is 48.4 Å². The van der Waals surface area contributed by atoms with Gasteiger partial charge in [0.2, 0.25) is 0 Å². The fourth-order valence-electron chi connectivity index (χ4n) is 5.64. The van der Waals surface area contributed by atoms with Gasteiger partial charge in [-0.2, -0.15) is 0 Å². The Bertz CT molecular complexity index is 1370. The summed E-state index contributed by atoms with van der Waals surface area (Å²) in [4.78, 5) is 16.9. The maximum Gasteiger partial charge on any atom is 0.266 e. The fourth-order valence-corrected chi connectivity index (χ4v) is 7.11. The Hall–Kier alpha value is -2.80. The Labute approximate surface area is 234 Å². The molecule has 1 aromatic heterocycles. The molecule has 0 bridgehead atoms. The highest BCUT2D eigenvalue weighted by molar-refractivity contribution is 7.21. The van der Waals surface area contributed by atoms with Gasteiger partial charge in [-0.1, -0.05) is 41.9 Å². The van der Waals surface area contributed by atoms with Gasteiger partial charge < -0.3 is 19.7 Å². The summed E-state index contributed by atoms with van der Waals surface area (Å²) < 4.78 is 12.2. The molecule has 200 valence electrons. The van der Waals surface area contributed by atoms with Crippen LogP contribution in [-0.4, -0.2) is 44.2 Å². The lowest BCUT2D eigenvalue weighted by molar-refractivity contribution is 0.0604. The van der Waals surface area contributed by atoms with E-state index < -0.39 is 0 Å². The summed E-state index contributed by atoms with van der Waals surface area (Å²) in [5, 5.41) is 4.90. The standard InChI is InChI=1S/C31H35ClN2O3S/c1-33-23-11-13-24(14-12-23)34(31(35)30-29(32)26-6-4-5-7-28(26)38-30)19-22-18-21(10-17-27(22)37-3)20-8-15-25(36-2)16-9-20/h4-8,10,15,17-18,23-24,33H,9,11-14,16,19H2,1-3H3/t23-,24-. The first-order valence-electron chi connectivity index (χ1n) is 13.3. The number of hydrogen-bond acceptors (Lipinski definition) is 5. The zero-order valence-electron chi connectivity index (χ0n) is 22.3. The van der Waals surface area contributed by atoms with Crippen molar-refractivity contribution in [2.75, 3.05) is 21.3 Å². The number of rotatable bonds is 8. The zero-order chi connectivity index (χ0) is 26.6. The Morgan fingerprint density at radius 2 is 1.84 bits per heavy atom. The molecule has 1 saturated carbocycles. The summed E-state index contributed by atoms with van der Waals surface area (Å²) in [6, 6.07) is 14.9. The fraction of sp³-hybridized carbons (Fsp3) is 0.387. The third kappa shape index (κ3) is 5.49. The third-order valence-corrected chi connectivity index (χ3v) is 9.56. The van der Waals surface area contributed by atoms with Crippen LogP contribution < -0.4 is 10.1 Å². The SMILES string of the molecule is CN[C@H]1CC[C@H](N(Cc2cc(C3=CC=C(OC)CC3)ccc2OC)C(=O)c2sc3ccccc3c2Cl)CC1. The zero-order valence-corrected chi connectivity index (χ0v) is 23.8. The molecule has 5 rings (SSSR count). The number of amides is 1. The highest BCUT2D eigenvalue weighted by Gasteiger charge is 2.32.